The molecule has 1 aromatic carbocycles. The van der Waals surface area contributed by atoms with E-state index in [1.807, 2.05) is 13.0 Å². The van der Waals surface area contributed by atoms with Gasteiger partial charge >= 0.3 is 5.97 Å². The van der Waals surface area contributed by atoms with Gasteiger partial charge < -0.3 is 9.84 Å². The van der Waals surface area contributed by atoms with E-state index in [1.54, 1.807) is 12.1 Å². The number of aryl methyl sites for hydroxylation is 1. The number of carbonyl (C=O) groups excluding carboxylic acids is 1. The van der Waals surface area contributed by atoms with Gasteiger partial charge in [0.25, 0.3) is 0 Å². The van der Waals surface area contributed by atoms with Gasteiger partial charge in [-0.1, -0.05) is 23.7 Å². The van der Waals surface area contributed by atoms with Crippen LogP contribution in [0.5, 0.6) is 0 Å². The Labute approximate surface area is 93.6 Å². The van der Waals surface area contributed by atoms with Crippen molar-refractivity contribution in [1.82, 2.24) is 0 Å². The number of hydrogen-bond donors (Lipinski definition) is 1. The Morgan fingerprint density at radius 3 is 2.80 bits per heavy atom. The van der Waals surface area contributed by atoms with E-state index in [0.717, 1.165) is 5.56 Å². The van der Waals surface area contributed by atoms with E-state index < -0.39 is 12.1 Å². The molecule has 0 spiro atoms. The second-order valence-electron chi connectivity index (χ2n) is 3.27. The SMILES string of the molecule is COC(=O)C[C@@H](O)c1c(C)cccc1Cl. The van der Waals surface area contributed by atoms with Crippen LogP contribution in [0.2, 0.25) is 5.02 Å². The number of carbonyl (C=O) groups is 1. The zero-order valence-electron chi connectivity index (χ0n) is 8.66. The smallest absolute Gasteiger partial charge is 0.308 e. The minimum atomic E-state index is -0.911. The van der Waals surface area contributed by atoms with E-state index in [9.17, 15) is 9.90 Å². The lowest BCUT2D eigenvalue weighted by atomic mass is 10.0. The highest BCUT2D eigenvalue weighted by Gasteiger charge is 2.17. The Kier molecular flexibility index (Phi) is 4.12. The molecule has 1 atom stereocenters. The third kappa shape index (κ3) is 2.94. The minimum Gasteiger partial charge on any atom is -0.469 e. The molecule has 0 aliphatic carbocycles. The number of methoxy groups -OCH3 is 1. The van der Waals surface area contributed by atoms with Crippen LogP contribution in [0.1, 0.15) is 23.7 Å². The highest BCUT2D eigenvalue weighted by Crippen LogP contribution is 2.28. The van der Waals surface area contributed by atoms with Crippen molar-refractivity contribution in [3.8, 4) is 0 Å². The third-order valence-corrected chi connectivity index (χ3v) is 2.52. The maximum absolute atomic E-state index is 11.0. The van der Waals surface area contributed by atoms with E-state index in [1.165, 1.54) is 7.11 Å². The summed E-state index contributed by atoms with van der Waals surface area (Å²) in [5.41, 5.74) is 1.45. The van der Waals surface area contributed by atoms with Gasteiger partial charge in [-0.25, -0.2) is 0 Å². The van der Waals surface area contributed by atoms with Gasteiger partial charge in [-0.15, -0.1) is 0 Å². The lowest BCUT2D eigenvalue weighted by Crippen LogP contribution is -2.09. The van der Waals surface area contributed by atoms with Gasteiger partial charge in [-0.3, -0.25) is 4.79 Å². The van der Waals surface area contributed by atoms with Crippen LogP contribution in [-0.4, -0.2) is 18.2 Å². The highest BCUT2D eigenvalue weighted by molar-refractivity contribution is 6.31. The number of esters is 1. The molecule has 0 fully saturated rings. The van der Waals surface area contributed by atoms with Gasteiger partial charge in [-0.05, 0) is 18.6 Å². The summed E-state index contributed by atoms with van der Waals surface area (Å²) in [6, 6.07) is 5.32. The Bertz CT molecular complexity index is 343. The number of hydrogen-bond acceptors (Lipinski definition) is 3. The molecule has 0 saturated heterocycles. The van der Waals surface area contributed by atoms with Gasteiger partial charge in [0, 0.05) is 10.6 Å². The molecular formula is C11H13ClO3. The number of ether oxygens (including phenoxy) is 1. The van der Waals surface area contributed by atoms with E-state index >= 15 is 0 Å². The zero-order valence-corrected chi connectivity index (χ0v) is 9.41. The summed E-state index contributed by atoms with van der Waals surface area (Å²) in [6.07, 6.45) is -0.993. The molecule has 4 heteroatoms. The molecule has 1 rings (SSSR count). The average Bonchev–Trinajstić information content (AvgIpc) is 2.17. The Morgan fingerprint density at radius 1 is 1.60 bits per heavy atom. The number of rotatable bonds is 3. The van der Waals surface area contributed by atoms with Gasteiger partial charge in [0.05, 0.1) is 19.6 Å². The summed E-state index contributed by atoms with van der Waals surface area (Å²) in [7, 11) is 1.29. The molecule has 0 amide bonds. The van der Waals surface area contributed by atoms with Crippen LogP contribution in [-0.2, 0) is 9.53 Å². The van der Waals surface area contributed by atoms with Crippen LogP contribution in [0.15, 0.2) is 18.2 Å². The molecule has 1 aromatic rings. The molecule has 3 nitrogen and oxygen atoms in total. The Hall–Kier alpha value is -1.06. The molecule has 0 bridgehead atoms. The molecule has 1 N–H and O–H groups in total. The van der Waals surface area contributed by atoms with E-state index in [4.69, 9.17) is 11.6 Å². The Balaban J connectivity index is 2.90. The molecule has 0 aliphatic rings. The quantitative estimate of drug-likeness (QED) is 0.808. The van der Waals surface area contributed by atoms with Crippen LogP contribution < -0.4 is 0 Å². The summed E-state index contributed by atoms with van der Waals surface area (Å²) in [4.78, 5) is 11.0. The van der Waals surface area contributed by atoms with Crippen molar-refractivity contribution < 1.29 is 14.6 Å². The Morgan fingerprint density at radius 2 is 2.27 bits per heavy atom. The topological polar surface area (TPSA) is 46.5 Å². The van der Waals surface area contributed by atoms with Crippen molar-refractivity contribution in [1.29, 1.82) is 0 Å². The first-order valence-corrected chi connectivity index (χ1v) is 4.94. The van der Waals surface area contributed by atoms with Crippen molar-refractivity contribution in [3.05, 3.63) is 34.3 Å². The van der Waals surface area contributed by atoms with Crippen molar-refractivity contribution in [2.75, 3.05) is 7.11 Å². The molecule has 0 aromatic heterocycles. The molecule has 0 unspecified atom stereocenters. The maximum Gasteiger partial charge on any atom is 0.308 e. The van der Waals surface area contributed by atoms with Gasteiger partial charge in [0.15, 0.2) is 0 Å². The predicted octanol–water partition coefficient (Wildman–Crippen LogP) is 2.24. The van der Waals surface area contributed by atoms with E-state index in [2.05, 4.69) is 4.74 Å². The number of aliphatic hydroxyl groups is 1. The summed E-state index contributed by atoms with van der Waals surface area (Å²) in [6.45, 7) is 1.84. The third-order valence-electron chi connectivity index (χ3n) is 2.19. The first kappa shape index (κ1) is 12.0. The van der Waals surface area contributed by atoms with Crippen LogP contribution in [0.3, 0.4) is 0 Å². The second-order valence-corrected chi connectivity index (χ2v) is 3.67. The fourth-order valence-electron chi connectivity index (χ4n) is 1.41. The van der Waals surface area contributed by atoms with Crippen molar-refractivity contribution >= 4 is 17.6 Å². The summed E-state index contributed by atoms with van der Waals surface area (Å²) in [5, 5.41) is 10.3. The lowest BCUT2D eigenvalue weighted by Gasteiger charge is -2.14. The fourth-order valence-corrected chi connectivity index (χ4v) is 1.76. The zero-order chi connectivity index (χ0) is 11.4. The molecule has 82 valence electrons. The molecule has 0 aliphatic heterocycles. The van der Waals surface area contributed by atoms with Gasteiger partial charge in [0.1, 0.15) is 0 Å². The minimum absolute atomic E-state index is 0.0823. The molecular weight excluding hydrogens is 216 g/mol. The second kappa shape index (κ2) is 5.14. The average molecular weight is 229 g/mol. The van der Waals surface area contributed by atoms with Crippen molar-refractivity contribution in [2.24, 2.45) is 0 Å². The summed E-state index contributed by atoms with van der Waals surface area (Å²) >= 11 is 5.94. The molecule has 0 saturated carbocycles. The number of halogens is 1. The van der Waals surface area contributed by atoms with Gasteiger partial charge in [-0.2, -0.15) is 0 Å². The van der Waals surface area contributed by atoms with Crippen LogP contribution in [0.4, 0.5) is 0 Å². The van der Waals surface area contributed by atoms with Crippen molar-refractivity contribution in [3.63, 3.8) is 0 Å². The first-order valence-electron chi connectivity index (χ1n) is 4.56. The van der Waals surface area contributed by atoms with Crippen molar-refractivity contribution in [2.45, 2.75) is 19.4 Å². The molecule has 0 heterocycles. The summed E-state index contributed by atoms with van der Waals surface area (Å²) in [5.74, 6) is -0.457. The molecule has 0 radical (unpaired) electrons. The molecule has 15 heavy (non-hydrogen) atoms. The van der Waals surface area contributed by atoms with Gasteiger partial charge in [0.2, 0.25) is 0 Å². The highest BCUT2D eigenvalue weighted by atomic mass is 35.5. The van der Waals surface area contributed by atoms with E-state index in [0.29, 0.717) is 10.6 Å². The van der Waals surface area contributed by atoms with E-state index in [-0.39, 0.29) is 6.42 Å². The van der Waals surface area contributed by atoms with Crippen LogP contribution in [0.25, 0.3) is 0 Å². The number of aliphatic hydroxyl groups excluding tert-OH is 1. The monoisotopic (exact) mass is 228 g/mol. The normalized spacial score (nSPS) is 12.3. The van der Waals surface area contributed by atoms with Crippen LogP contribution in [0, 0.1) is 6.92 Å². The standard InChI is InChI=1S/C11H13ClO3/c1-7-4-3-5-8(12)11(7)9(13)6-10(14)15-2/h3-5,9,13H,6H2,1-2H3/t9-/m1/s1. The number of benzene rings is 1. The van der Waals surface area contributed by atoms with Crippen LogP contribution >= 0.6 is 11.6 Å². The maximum atomic E-state index is 11.0. The lowest BCUT2D eigenvalue weighted by molar-refractivity contribution is -0.142. The summed E-state index contributed by atoms with van der Waals surface area (Å²) < 4.78 is 4.48. The fraction of sp³-hybridized carbons (Fsp3) is 0.364. The largest absolute Gasteiger partial charge is 0.469 e. The first-order chi connectivity index (χ1) is 7.06. The predicted molar refractivity (Wildman–Crippen MR) is 57.8 cm³/mol.